The lowest BCUT2D eigenvalue weighted by Gasteiger charge is -2.30. The van der Waals surface area contributed by atoms with Crippen molar-refractivity contribution in [3.63, 3.8) is 0 Å². The fourth-order valence-corrected chi connectivity index (χ4v) is 4.13. The van der Waals surface area contributed by atoms with Crippen molar-refractivity contribution < 1.29 is 9.53 Å². The number of methoxy groups -OCH3 is 1. The van der Waals surface area contributed by atoms with Crippen LogP contribution < -0.4 is 4.74 Å². The number of nitrogens with one attached hydrogen (secondary N) is 2. The van der Waals surface area contributed by atoms with Gasteiger partial charge in [-0.05, 0) is 25.0 Å². The van der Waals surface area contributed by atoms with E-state index in [0.29, 0.717) is 24.6 Å². The summed E-state index contributed by atoms with van der Waals surface area (Å²) >= 11 is 0. The van der Waals surface area contributed by atoms with Gasteiger partial charge in [0.2, 0.25) is 0 Å². The average Bonchev–Trinajstić information content (AvgIpc) is 3.33. The molecule has 2 aliphatic rings. The van der Waals surface area contributed by atoms with Crippen LogP contribution in [0.25, 0.3) is 11.3 Å². The molecule has 0 unspecified atom stereocenters. The molecule has 0 atom stereocenters. The summed E-state index contributed by atoms with van der Waals surface area (Å²) in [5, 5.41) is 14.9. The van der Waals surface area contributed by atoms with Crippen LogP contribution in [-0.2, 0) is 13.0 Å². The molecule has 1 saturated carbocycles. The maximum absolute atomic E-state index is 13.3. The Balaban J connectivity index is 1.42. The number of aromatic amines is 2. The SMILES string of the molecule is COc1cccc(-c2[nH]ncc2C(=O)N2CCc3[nH]nc(C4CCC4)c3C2)c1. The summed E-state index contributed by atoms with van der Waals surface area (Å²) < 4.78 is 5.31. The molecule has 7 nitrogen and oxygen atoms in total. The number of hydrogen-bond donors (Lipinski definition) is 2. The second-order valence-electron chi connectivity index (χ2n) is 7.56. The maximum Gasteiger partial charge on any atom is 0.258 e. The van der Waals surface area contributed by atoms with Gasteiger partial charge in [0.15, 0.2) is 0 Å². The van der Waals surface area contributed by atoms with Gasteiger partial charge in [-0.25, -0.2) is 0 Å². The van der Waals surface area contributed by atoms with Crippen molar-refractivity contribution in [3.05, 3.63) is 53.0 Å². The van der Waals surface area contributed by atoms with Crippen molar-refractivity contribution in [1.82, 2.24) is 25.3 Å². The zero-order valence-corrected chi connectivity index (χ0v) is 15.9. The van der Waals surface area contributed by atoms with Gasteiger partial charge in [0.05, 0.1) is 30.3 Å². The Morgan fingerprint density at radius 2 is 2.18 bits per heavy atom. The second-order valence-corrected chi connectivity index (χ2v) is 7.56. The van der Waals surface area contributed by atoms with Crippen molar-refractivity contribution in [2.24, 2.45) is 0 Å². The Morgan fingerprint density at radius 1 is 1.29 bits per heavy atom. The minimum Gasteiger partial charge on any atom is -0.497 e. The van der Waals surface area contributed by atoms with E-state index in [9.17, 15) is 4.79 Å². The number of carbonyl (C=O) groups excluding carboxylic acids is 1. The smallest absolute Gasteiger partial charge is 0.258 e. The number of nitrogens with zero attached hydrogens (tertiary/aromatic N) is 3. The number of ether oxygens (including phenoxy) is 1. The molecule has 3 heterocycles. The molecule has 0 bridgehead atoms. The van der Waals surface area contributed by atoms with E-state index in [2.05, 4.69) is 20.4 Å². The molecule has 2 aromatic heterocycles. The molecule has 1 aliphatic carbocycles. The van der Waals surface area contributed by atoms with Gasteiger partial charge in [-0.1, -0.05) is 18.6 Å². The van der Waals surface area contributed by atoms with Crippen LogP contribution in [-0.4, -0.2) is 44.9 Å². The maximum atomic E-state index is 13.3. The molecule has 0 saturated heterocycles. The first kappa shape index (κ1) is 17.0. The molecule has 1 fully saturated rings. The van der Waals surface area contributed by atoms with Gasteiger partial charge in [-0.2, -0.15) is 10.2 Å². The lowest BCUT2D eigenvalue weighted by atomic mass is 9.80. The third kappa shape index (κ3) is 2.78. The Morgan fingerprint density at radius 3 is 2.96 bits per heavy atom. The third-order valence-corrected chi connectivity index (χ3v) is 5.97. The molecule has 5 rings (SSSR count). The molecule has 1 amide bonds. The number of fused-ring (bicyclic) bond motifs is 1. The molecule has 2 N–H and O–H groups in total. The lowest BCUT2D eigenvalue weighted by molar-refractivity contribution is 0.0734. The first-order chi connectivity index (χ1) is 13.7. The van der Waals surface area contributed by atoms with E-state index in [1.54, 1.807) is 13.3 Å². The molecule has 7 heteroatoms. The summed E-state index contributed by atoms with van der Waals surface area (Å²) in [6.45, 7) is 1.29. The number of H-pyrrole nitrogens is 2. The van der Waals surface area contributed by atoms with Gasteiger partial charge < -0.3 is 9.64 Å². The number of hydrogen-bond acceptors (Lipinski definition) is 4. The zero-order chi connectivity index (χ0) is 19.1. The van der Waals surface area contributed by atoms with Crippen molar-refractivity contribution in [2.75, 3.05) is 13.7 Å². The molecule has 144 valence electrons. The molecule has 0 spiro atoms. The number of amides is 1. The van der Waals surface area contributed by atoms with Gasteiger partial charge in [0, 0.05) is 42.2 Å². The summed E-state index contributed by atoms with van der Waals surface area (Å²) in [4.78, 5) is 15.2. The summed E-state index contributed by atoms with van der Waals surface area (Å²) in [5.74, 6) is 1.30. The lowest BCUT2D eigenvalue weighted by Crippen LogP contribution is -2.36. The Kier molecular flexibility index (Phi) is 4.15. The second kappa shape index (κ2) is 6.82. The number of aromatic nitrogens is 4. The van der Waals surface area contributed by atoms with Crippen LogP contribution in [0.2, 0.25) is 0 Å². The van der Waals surface area contributed by atoms with Gasteiger partial charge in [-0.3, -0.25) is 15.0 Å². The standard InChI is InChI=1S/C21H23N5O2/c1-28-15-7-3-6-14(10-15)20-16(11-22-24-20)21(27)26-9-8-18-17(12-26)19(25-23-18)13-4-2-5-13/h3,6-7,10-11,13H,2,4-5,8-9,12H2,1H3,(H,22,24)(H,23,25). The fourth-order valence-electron chi connectivity index (χ4n) is 4.13. The minimum absolute atomic E-state index is 0.00187. The Bertz CT molecular complexity index is 1020. The molecule has 3 aromatic rings. The van der Waals surface area contributed by atoms with E-state index < -0.39 is 0 Å². The highest BCUT2D eigenvalue weighted by molar-refractivity contribution is 6.00. The topological polar surface area (TPSA) is 86.9 Å². The normalized spacial score (nSPS) is 16.5. The minimum atomic E-state index is -0.00187. The Labute approximate surface area is 163 Å². The van der Waals surface area contributed by atoms with E-state index in [1.165, 1.54) is 36.2 Å². The molecule has 1 aliphatic heterocycles. The molecule has 28 heavy (non-hydrogen) atoms. The number of rotatable bonds is 4. The van der Waals surface area contributed by atoms with Crippen LogP contribution in [0.15, 0.2) is 30.5 Å². The first-order valence-electron chi connectivity index (χ1n) is 9.77. The predicted molar refractivity (Wildman–Crippen MR) is 104 cm³/mol. The van der Waals surface area contributed by atoms with Crippen molar-refractivity contribution >= 4 is 5.91 Å². The van der Waals surface area contributed by atoms with Crippen LogP contribution >= 0.6 is 0 Å². The molecule has 1 aromatic carbocycles. The number of carbonyl (C=O) groups is 1. The van der Waals surface area contributed by atoms with Crippen LogP contribution in [0.1, 0.15) is 52.5 Å². The van der Waals surface area contributed by atoms with E-state index in [0.717, 1.165) is 23.4 Å². The predicted octanol–water partition coefficient (Wildman–Crippen LogP) is 3.27. The van der Waals surface area contributed by atoms with E-state index in [4.69, 9.17) is 4.74 Å². The highest BCUT2D eigenvalue weighted by atomic mass is 16.5. The van der Waals surface area contributed by atoms with Crippen molar-refractivity contribution in [1.29, 1.82) is 0 Å². The monoisotopic (exact) mass is 377 g/mol. The summed E-state index contributed by atoms with van der Waals surface area (Å²) in [7, 11) is 1.63. The Hall–Kier alpha value is -3.09. The molecular weight excluding hydrogens is 354 g/mol. The van der Waals surface area contributed by atoms with E-state index in [1.807, 2.05) is 29.2 Å². The molecule has 0 radical (unpaired) electrons. The van der Waals surface area contributed by atoms with Gasteiger partial charge >= 0.3 is 0 Å². The summed E-state index contributed by atoms with van der Waals surface area (Å²) in [6, 6.07) is 7.65. The summed E-state index contributed by atoms with van der Waals surface area (Å²) in [5.41, 5.74) is 5.77. The highest BCUT2D eigenvalue weighted by Crippen LogP contribution is 2.39. The van der Waals surface area contributed by atoms with Gasteiger partial charge in [0.25, 0.3) is 5.91 Å². The largest absolute Gasteiger partial charge is 0.497 e. The molecular formula is C21H23N5O2. The van der Waals surface area contributed by atoms with Crippen LogP contribution in [0.3, 0.4) is 0 Å². The average molecular weight is 377 g/mol. The van der Waals surface area contributed by atoms with Crippen LogP contribution in [0.4, 0.5) is 0 Å². The third-order valence-electron chi connectivity index (χ3n) is 5.97. The zero-order valence-electron chi connectivity index (χ0n) is 15.9. The van der Waals surface area contributed by atoms with E-state index in [-0.39, 0.29) is 5.91 Å². The van der Waals surface area contributed by atoms with Gasteiger partial charge in [-0.15, -0.1) is 0 Å². The quantitative estimate of drug-likeness (QED) is 0.730. The van der Waals surface area contributed by atoms with Gasteiger partial charge in [0.1, 0.15) is 5.75 Å². The fraction of sp³-hybridized carbons (Fsp3) is 0.381. The van der Waals surface area contributed by atoms with Crippen LogP contribution in [0.5, 0.6) is 5.75 Å². The van der Waals surface area contributed by atoms with Crippen LogP contribution in [0, 0.1) is 0 Å². The summed E-state index contributed by atoms with van der Waals surface area (Å²) in [6.07, 6.45) is 6.11. The van der Waals surface area contributed by atoms with Crippen molar-refractivity contribution in [2.45, 2.75) is 38.1 Å². The highest BCUT2D eigenvalue weighted by Gasteiger charge is 2.32. The number of benzene rings is 1. The van der Waals surface area contributed by atoms with E-state index >= 15 is 0 Å². The first-order valence-corrected chi connectivity index (χ1v) is 9.77. The van der Waals surface area contributed by atoms with Crippen molar-refractivity contribution in [3.8, 4) is 17.0 Å².